The first kappa shape index (κ1) is 32.4. The van der Waals surface area contributed by atoms with Gasteiger partial charge in [-0.15, -0.1) is 0 Å². The molecule has 0 aliphatic rings. The molecule has 58 heavy (non-hydrogen) atoms. The molecule has 0 bridgehead atoms. The lowest BCUT2D eigenvalue weighted by atomic mass is 9.91. The molecule has 4 heteroatoms. The highest BCUT2D eigenvalue weighted by Gasteiger charge is 2.20. The van der Waals surface area contributed by atoms with E-state index in [4.69, 9.17) is 18.8 Å². The van der Waals surface area contributed by atoms with Gasteiger partial charge in [0.25, 0.3) is 0 Å². The summed E-state index contributed by atoms with van der Waals surface area (Å²) in [6.45, 7) is 0. The van der Waals surface area contributed by atoms with E-state index >= 15 is 0 Å². The van der Waals surface area contributed by atoms with Crippen LogP contribution >= 0.6 is 0 Å². The Kier molecular flexibility index (Phi) is 7.20. The van der Waals surface area contributed by atoms with E-state index in [0.717, 1.165) is 88.4 Å². The molecule has 0 N–H and O–H groups in total. The zero-order chi connectivity index (χ0) is 38.2. The largest absolute Gasteiger partial charge is 0.456 e. The second-order valence-corrected chi connectivity index (χ2v) is 14.9. The van der Waals surface area contributed by atoms with Crippen molar-refractivity contribution >= 4 is 65.6 Å². The standard InChI is InChI=1S/C54H32N2O2/c1-2-12-33(13-3-1)37-18-10-19-40(28-37)51-53-52(44-21-8-9-23-47(44)58-53)56-54(55-51)36-26-24-35(25-27-36)45-30-41(43-22-11-17-34-14-6-7-20-42(34)43)32-49-50(45)46-29-38-15-4-5-16-39(38)31-48(46)57-49/h1-32H. The quantitative estimate of drug-likeness (QED) is 0.176. The predicted molar refractivity (Wildman–Crippen MR) is 239 cm³/mol. The summed E-state index contributed by atoms with van der Waals surface area (Å²) in [6, 6.07) is 68.1. The van der Waals surface area contributed by atoms with Crippen molar-refractivity contribution in [1.82, 2.24) is 9.97 Å². The van der Waals surface area contributed by atoms with Crippen molar-refractivity contribution in [3.05, 3.63) is 194 Å². The molecule has 0 aliphatic carbocycles. The number of hydrogen-bond acceptors (Lipinski definition) is 4. The lowest BCUT2D eigenvalue weighted by Crippen LogP contribution is -1.94. The fourth-order valence-electron chi connectivity index (χ4n) is 8.64. The number of rotatable bonds is 5. The van der Waals surface area contributed by atoms with E-state index in [9.17, 15) is 0 Å². The normalized spacial score (nSPS) is 11.8. The molecule has 12 aromatic rings. The number of para-hydroxylation sites is 1. The number of fused-ring (bicyclic) bond motifs is 8. The summed E-state index contributed by atoms with van der Waals surface area (Å²) in [5.74, 6) is 0.639. The highest BCUT2D eigenvalue weighted by Crippen LogP contribution is 2.43. The fourth-order valence-corrected chi connectivity index (χ4v) is 8.64. The summed E-state index contributed by atoms with van der Waals surface area (Å²) in [7, 11) is 0. The topological polar surface area (TPSA) is 52.1 Å². The van der Waals surface area contributed by atoms with Crippen LogP contribution in [0.25, 0.3) is 122 Å². The van der Waals surface area contributed by atoms with Gasteiger partial charge in [-0.1, -0.05) is 152 Å². The summed E-state index contributed by atoms with van der Waals surface area (Å²) >= 11 is 0. The molecule has 0 amide bonds. The van der Waals surface area contributed by atoms with Crippen molar-refractivity contribution in [2.75, 3.05) is 0 Å². The molecule has 0 saturated carbocycles. The van der Waals surface area contributed by atoms with Crippen molar-refractivity contribution in [2.24, 2.45) is 0 Å². The highest BCUT2D eigenvalue weighted by molar-refractivity contribution is 6.17. The first-order chi connectivity index (χ1) is 28.7. The lowest BCUT2D eigenvalue weighted by Gasteiger charge is -2.12. The van der Waals surface area contributed by atoms with Gasteiger partial charge in [0.15, 0.2) is 11.4 Å². The minimum absolute atomic E-state index is 0.639. The summed E-state index contributed by atoms with van der Waals surface area (Å²) in [5, 5.41) is 7.91. The first-order valence-corrected chi connectivity index (χ1v) is 19.5. The predicted octanol–water partition coefficient (Wildman–Crippen LogP) is 14.9. The number of hydrogen-bond donors (Lipinski definition) is 0. The first-order valence-electron chi connectivity index (χ1n) is 19.5. The van der Waals surface area contributed by atoms with Crippen molar-refractivity contribution in [3.63, 3.8) is 0 Å². The van der Waals surface area contributed by atoms with Gasteiger partial charge >= 0.3 is 0 Å². The van der Waals surface area contributed by atoms with E-state index in [1.165, 1.54) is 21.7 Å². The second kappa shape index (κ2) is 12.9. The van der Waals surface area contributed by atoms with E-state index in [1.807, 2.05) is 24.3 Å². The summed E-state index contributed by atoms with van der Waals surface area (Å²) in [5.41, 5.74) is 13.4. The van der Waals surface area contributed by atoms with Crippen LogP contribution in [-0.2, 0) is 0 Å². The number of aromatic nitrogens is 2. The Hall–Kier alpha value is -7.82. The lowest BCUT2D eigenvalue weighted by molar-refractivity contribution is 0.667. The third-order valence-corrected chi connectivity index (χ3v) is 11.5. The van der Waals surface area contributed by atoms with Gasteiger partial charge in [0, 0.05) is 27.3 Å². The van der Waals surface area contributed by atoms with Gasteiger partial charge in [0.05, 0.1) is 0 Å². The number of nitrogens with zero attached hydrogens (tertiary/aromatic N) is 2. The molecule has 0 atom stereocenters. The highest BCUT2D eigenvalue weighted by atomic mass is 16.3. The molecule has 270 valence electrons. The van der Waals surface area contributed by atoms with E-state index in [2.05, 4.69) is 170 Å². The number of furan rings is 2. The Balaban J connectivity index is 1.05. The van der Waals surface area contributed by atoms with E-state index in [-0.39, 0.29) is 0 Å². The minimum atomic E-state index is 0.639. The van der Waals surface area contributed by atoms with Crippen LogP contribution in [0.15, 0.2) is 203 Å². The summed E-state index contributed by atoms with van der Waals surface area (Å²) < 4.78 is 13.2. The Morgan fingerprint density at radius 1 is 0.328 bits per heavy atom. The van der Waals surface area contributed by atoms with Crippen LogP contribution in [-0.4, -0.2) is 9.97 Å². The third-order valence-electron chi connectivity index (χ3n) is 11.5. The Morgan fingerprint density at radius 2 is 1.00 bits per heavy atom. The summed E-state index contributed by atoms with van der Waals surface area (Å²) in [4.78, 5) is 10.4. The average Bonchev–Trinajstić information content (AvgIpc) is 3.85. The van der Waals surface area contributed by atoms with E-state index in [0.29, 0.717) is 11.4 Å². The third kappa shape index (κ3) is 5.23. The molecule has 0 fully saturated rings. The molecule has 3 aromatic heterocycles. The smallest absolute Gasteiger partial charge is 0.180 e. The maximum Gasteiger partial charge on any atom is 0.180 e. The van der Waals surface area contributed by atoms with Gasteiger partial charge in [-0.2, -0.15) is 0 Å². The van der Waals surface area contributed by atoms with Crippen LogP contribution in [0, 0.1) is 0 Å². The van der Waals surface area contributed by atoms with E-state index in [1.54, 1.807) is 0 Å². The van der Waals surface area contributed by atoms with Crippen LogP contribution in [0.2, 0.25) is 0 Å². The van der Waals surface area contributed by atoms with Crippen molar-refractivity contribution in [3.8, 4) is 56.0 Å². The SMILES string of the molecule is c1ccc(-c2cccc(-c3nc(-c4ccc(-c5cc(-c6cccc7ccccc67)cc6oc7cc8ccccc8cc7c56)cc4)nc4c3oc3ccccc34)c2)cc1. The van der Waals surface area contributed by atoms with Crippen LogP contribution < -0.4 is 0 Å². The molecule has 9 aromatic carbocycles. The van der Waals surface area contributed by atoms with Gasteiger partial charge < -0.3 is 8.83 Å². The molecule has 12 rings (SSSR count). The van der Waals surface area contributed by atoms with Crippen LogP contribution in [0.4, 0.5) is 0 Å². The maximum absolute atomic E-state index is 6.72. The van der Waals surface area contributed by atoms with Crippen LogP contribution in [0.1, 0.15) is 0 Å². The van der Waals surface area contributed by atoms with Crippen LogP contribution in [0.5, 0.6) is 0 Å². The molecule has 0 radical (unpaired) electrons. The second-order valence-electron chi connectivity index (χ2n) is 14.9. The van der Waals surface area contributed by atoms with Gasteiger partial charge in [-0.3, -0.25) is 0 Å². The van der Waals surface area contributed by atoms with Gasteiger partial charge in [0.1, 0.15) is 28.0 Å². The summed E-state index contributed by atoms with van der Waals surface area (Å²) in [6.07, 6.45) is 0. The molecule has 0 aliphatic heterocycles. The van der Waals surface area contributed by atoms with Crippen LogP contribution in [0.3, 0.4) is 0 Å². The zero-order valence-corrected chi connectivity index (χ0v) is 31.2. The molecular formula is C54H32N2O2. The van der Waals surface area contributed by atoms with Crippen molar-refractivity contribution in [1.29, 1.82) is 0 Å². The number of benzene rings is 9. The minimum Gasteiger partial charge on any atom is -0.456 e. The monoisotopic (exact) mass is 740 g/mol. The molecule has 4 nitrogen and oxygen atoms in total. The fraction of sp³-hybridized carbons (Fsp3) is 0. The van der Waals surface area contributed by atoms with Crippen molar-refractivity contribution in [2.45, 2.75) is 0 Å². The van der Waals surface area contributed by atoms with E-state index < -0.39 is 0 Å². The molecule has 0 unspecified atom stereocenters. The molecule has 3 heterocycles. The molecule has 0 spiro atoms. The maximum atomic E-state index is 6.72. The Bertz CT molecular complexity index is 3560. The van der Waals surface area contributed by atoms with Gasteiger partial charge in [0.2, 0.25) is 0 Å². The molecular weight excluding hydrogens is 709 g/mol. The van der Waals surface area contributed by atoms with Crippen molar-refractivity contribution < 1.29 is 8.83 Å². The molecule has 0 saturated heterocycles. The average molecular weight is 741 g/mol. The van der Waals surface area contributed by atoms with Gasteiger partial charge in [-0.05, 0) is 97.4 Å². The Labute approximate surface area is 333 Å². The Morgan fingerprint density at radius 3 is 1.86 bits per heavy atom. The van der Waals surface area contributed by atoms with Gasteiger partial charge in [-0.25, -0.2) is 9.97 Å². The zero-order valence-electron chi connectivity index (χ0n) is 31.2.